The molecule has 5 nitrogen and oxygen atoms in total. The second-order valence-electron chi connectivity index (χ2n) is 4.13. The van der Waals surface area contributed by atoms with E-state index in [9.17, 15) is 4.79 Å². The lowest BCUT2D eigenvalue weighted by Gasteiger charge is -2.38. The van der Waals surface area contributed by atoms with Gasteiger partial charge < -0.3 is 10.1 Å². The van der Waals surface area contributed by atoms with E-state index in [1.807, 2.05) is 13.2 Å². The normalized spacial score (nSPS) is 17.1. The third-order valence-electron chi connectivity index (χ3n) is 3.05. The highest BCUT2D eigenvalue weighted by Gasteiger charge is 2.44. The molecule has 1 saturated heterocycles. The molecule has 0 spiro atoms. The summed E-state index contributed by atoms with van der Waals surface area (Å²) >= 11 is 4.77. The predicted molar refractivity (Wildman–Crippen MR) is 73.7 cm³/mol. The molecule has 1 aliphatic heterocycles. The fourth-order valence-corrected chi connectivity index (χ4v) is 2.25. The third-order valence-corrected chi connectivity index (χ3v) is 4.19. The predicted octanol–water partition coefficient (Wildman–Crippen LogP) is 2.33. The van der Waals surface area contributed by atoms with E-state index in [4.69, 9.17) is 4.74 Å². The third kappa shape index (κ3) is 2.53. The molecule has 1 aromatic rings. The summed E-state index contributed by atoms with van der Waals surface area (Å²) in [6.07, 6.45) is 4.30. The smallest absolute Gasteiger partial charge is 0.236 e. The molecule has 2 rings (SSSR count). The minimum Gasteiger partial charge on any atom is -0.379 e. The molecular weight excluding hydrogens is 318 g/mol. The standard InChI is InChI=1S/C11H14BrN3O2S/c1-3-11(5-17-6-11)9(16)14-8-7(12)4-13-10(15-8)18-2/h4H,3,5-6H2,1-2H3,(H,13,14,15,16). The SMILES string of the molecule is CCC1(C(=O)Nc2nc(SC)ncc2Br)COC1. The molecule has 0 aromatic carbocycles. The van der Waals surface area contributed by atoms with E-state index in [0.717, 1.165) is 6.42 Å². The summed E-state index contributed by atoms with van der Waals surface area (Å²) in [5, 5.41) is 3.48. The summed E-state index contributed by atoms with van der Waals surface area (Å²) < 4.78 is 5.83. The lowest BCUT2D eigenvalue weighted by atomic mass is 9.82. The highest BCUT2D eigenvalue weighted by Crippen LogP contribution is 2.33. The van der Waals surface area contributed by atoms with E-state index in [0.29, 0.717) is 28.7 Å². The quantitative estimate of drug-likeness (QED) is 0.677. The Kier molecular flexibility index (Phi) is 4.24. The molecule has 1 fully saturated rings. The monoisotopic (exact) mass is 331 g/mol. The molecule has 0 unspecified atom stereocenters. The van der Waals surface area contributed by atoms with Crippen molar-refractivity contribution in [2.75, 3.05) is 24.8 Å². The molecule has 98 valence electrons. The second kappa shape index (κ2) is 5.54. The molecule has 2 heterocycles. The summed E-state index contributed by atoms with van der Waals surface area (Å²) in [4.78, 5) is 20.6. The topological polar surface area (TPSA) is 64.1 Å². The summed E-state index contributed by atoms with van der Waals surface area (Å²) in [6, 6.07) is 0. The minimum atomic E-state index is -0.399. The van der Waals surface area contributed by atoms with Gasteiger partial charge in [-0.1, -0.05) is 18.7 Å². The first-order valence-corrected chi connectivity index (χ1v) is 7.59. The van der Waals surface area contributed by atoms with Crippen LogP contribution < -0.4 is 5.32 Å². The number of aromatic nitrogens is 2. The lowest BCUT2D eigenvalue weighted by molar-refractivity contribution is -0.156. The highest BCUT2D eigenvalue weighted by atomic mass is 79.9. The number of rotatable bonds is 4. The van der Waals surface area contributed by atoms with Crippen molar-refractivity contribution >= 4 is 39.4 Å². The van der Waals surface area contributed by atoms with Crippen LogP contribution in [0.25, 0.3) is 0 Å². The number of carbonyl (C=O) groups is 1. The van der Waals surface area contributed by atoms with Crippen LogP contribution in [0.3, 0.4) is 0 Å². The van der Waals surface area contributed by atoms with E-state index in [1.54, 1.807) is 6.20 Å². The van der Waals surface area contributed by atoms with E-state index in [-0.39, 0.29) is 5.91 Å². The van der Waals surface area contributed by atoms with Gasteiger partial charge in [0.1, 0.15) is 0 Å². The van der Waals surface area contributed by atoms with Gasteiger partial charge in [-0.2, -0.15) is 0 Å². The van der Waals surface area contributed by atoms with Crippen molar-refractivity contribution < 1.29 is 9.53 Å². The molecule has 0 saturated carbocycles. The van der Waals surface area contributed by atoms with E-state index in [1.165, 1.54) is 11.8 Å². The fourth-order valence-electron chi connectivity index (χ4n) is 1.62. The zero-order valence-corrected chi connectivity index (χ0v) is 12.6. The van der Waals surface area contributed by atoms with Gasteiger partial charge in [0, 0.05) is 6.20 Å². The Bertz CT molecular complexity index is 460. The fraction of sp³-hybridized carbons (Fsp3) is 0.545. The number of hydrogen-bond donors (Lipinski definition) is 1. The van der Waals surface area contributed by atoms with Crippen LogP contribution in [-0.2, 0) is 9.53 Å². The zero-order chi connectivity index (χ0) is 13.2. The highest BCUT2D eigenvalue weighted by molar-refractivity contribution is 9.10. The van der Waals surface area contributed by atoms with Crippen LogP contribution in [0.1, 0.15) is 13.3 Å². The van der Waals surface area contributed by atoms with Gasteiger partial charge in [-0.3, -0.25) is 4.79 Å². The van der Waals surface area contributed by atoms with Gasteiger partial charge >= 0.3 is 0 Å². The Hall–Kier alpha value is -0.660. The van der Waals surface area contributed by atoms with Crippen molar-refractivity contribution in [1.82, 2.24) is 9.97 Å². The number of ether oxygens (including phenoxy) is 1. The molecule has 0 atom stereocenters. The maximum Gasteiger partial charge on any atom is 0.236 e. The zero-order valence-electron chi connectivity index (χ0n) is 10.2. The van der Waals surface area contributed by atoms with Gasteiger partial charge in [-0.05, 0) is 28.6 Å². The first kappa shape index (κ1) is 13.8. The first-order chi connectivity index (χ1) is 8.61. The minimum absolute atomic E-state index is 0.0392. The summed E-state index contributed by atoms with van der Waals surface area (Å²) in [6.45, 7) is 2.95. The molecule has 1 amide bonds. The summed E-state index contributed by atoms with van der Waals surface area (Å²) in [5.74, 6) is 0.474. The number of nitrogens with zero attached hydrogens (tertiary/aromatic N) is 2. The second-order valence-corrected chi connectivity index (χ2v) is 5.76. The Morgan fingerprint density at radius 2 is 2.39 bits per heavy atom. The number of carbonyl (C=O) groups excluding carboxylic acids is 1. The number of thioether (sulfide) groups is 1. The van der Waals surface area contributed by atoms with Crippen LogP contribution in [-0.4, -0.2) is 35.3 Å². The van der Waals surface area contributed by atoms with Gasteiger partial charge in [0.15, 0.2) is 11.0 Å². The molecule has 0 radical (unpaired) electrons. The average Bonchev–Trinajstić information content (AvgIpc) is 2.31. The van der Waals surface area contributed by atoms with Gasteiger partial charge in [-0.25, -0.2) is 9.97 Å². The van der Waals surface area contributed by atoms with Crippen molar-refractivity contribution in [3.8, 4) is 0 Å². The maximum atomic E-state index is 12.2. The maximum absolute atomic E-state index is 12.2. The number of amides is 1. The van der Waals surface area contributed by atoms with E-state index < -0.39 is 5.41 Å². The van der Waals surface area contributed by atoms with E-state index in [2.05, 4.69) is 31.2 Å². The van der Waals surface area contributed by atoms with Crippen LogP contribution in [0.15, 0.2) is 15.8 Å². The lowest BCUT2D eigenvalue weighted by Crippen LogP contribution is -2.51. The first-order valence-electron chi connectivity index (χ1n) is 5.57. The molecule has 1 N–H and O–H groups in total. The van der Waals surface area contributed by atoms with Crippen LogP contribution >= 0.6 is 27.7 Å². The van der Waals surface area contributed by atoms with Gasteiger partial charge in [-0.15, -0.1) is 0 Å². The van der Waals surface area contributed by atoms with Gasteiger partial charge in [0.25, 0.3) is 0 Å². The molecule has 0 bridgehead atoms. The van der Waals surface area contributed by atoms with Crippen LogP contribution in [0.4, 0.5) is 5.82 Å². The number of anilines is 1. The Morgan fingerprint density at radius 3 is 2.89 bits per heavy atom. The van der Waals surface area contributed by atoms with Crippen molar-refractivity contribution in [2.45, 2.75) is 18.5 Å². The van der Waals surface area contributed by atoms with Gasteiger partial charge in [0.2, 0.25) is 5.91 Å². The van der Waals surface area contributed by atoms with Gasteiger partial charge in [0.05, 0.1) is 23.1 Å². The Balaban J connectivity index is 2.16. The van der Waals surface area contributed by atoms with Crippen molar-refractivity contribution in [2.24, 2.45) is 5.41 Å². The molecule has 0 aliphatic carbocycles. The van der Waals surface area contributed by atoms with Crippen molar-refractivity contribution in [1.29, 1.82) is 0 Å². The number of halogens is 1. The summed E-state index contributed by atoms with van der Waals surface area (Å²) in [5.41, 5.74) is -0.399. The van der Waals surface area contributed by atoms with Crippen LogP contribution in [0, 0.1) is 5.41 Å². The molecule has 7 heteroatoms. The molecule has 1 aromatic heterocycles. The number of nitrogens with one attached hydrogen (secondary N) is 1. The van der Waals surface area contributed by atoms with E-state index >= 15 is 0 Å². The average molecular weight is 332 g/mol. The Labute approximate surface area is 118 Å². The van der Waals surface area contributed by atoms with Crippen molar-refractivity contribution in [3.05, 3.63) is 10.7 Å². The Morgan fingerprint density at radius 1 is 1.67 bits per heavy atom. The summed E-state index contributed by atoms with van der Waals surface area (Å²) in [7, 11) is 0. The molecular formula is C11H14BrN3O2S. The van der Waals surface area contributed by atoms with Crippen LogP contribution in [0.2, 0.25) is 0 Å². The van der Waals surface area contributed by atoms with Crippen molar-refractivity contribution in [3.63, 3.8) is 0 Å². The van der Waals surface area contributed by atoms with Crippen LogP contribution in [0.5, 0.6) is 0 Å². The molecule has 18 heavy (non-hydrogen) atoms. The largest absolute Gasteiger partial charge is 0.379 e. The number of hydrogen-bond acceptors (Lipinski definition) is 5. The molecule has 1 aliphatic rings.